The molecule has 0 saturated carbocycles. The molecule has 1 aromatic heterocycles. The van der Waals surface area contributed by atoms with Crippen molar-refractivity contribution in [1.82, 2.24) is 10.3 Å². The Balaban J connectivity index is 2.18. The average Bonchev–Trinajstić information content (AvgIpc) is 2.53. The molecule has 0 aliphatic rings. The number of nitrogens with one attached hydrogen (secondary N) is 1. The molecular formula is C17H20N2OS. The van der Waals surface area contributed by atoms with Crippen molar-refractivity contribution < 1.29 is 4.79 Å². The van der Waals surface area contributed by atoms with E-state index in [-0.39, 0.29) is 11.9 Å². The van der Waals surface area contributed by atoms with Gasteiger partial charge in [-0.1, -0.05) is 36.8 Å². The lowest BCUT2D eigenvalue weighted by atomic mass is 10.0. The van der Waals surface area contributed by atoms with Crippen molar-refractivity contribution in [1.29, 1.82) is 0 Å². The number of hydrogen-bond donors (Lipinski definition) is 1. The van der Waals surface area contributed by atoms with Crippen molar-refractivity contribution >= 4 is 17.7 Å². The van der Waals surface area contributed by atoms with Gasteiger partial charge in [-0.25, -0.2) is 4.98 Å². The number of thioether (sulfide) groups is 1. The third-order valence-corrected chi connectivity index (χ3v) is 4.11. The highest BCUT2D eigenvalue weighted by Gasteiger charge is 2.16. The number of benzene rings is 1. The molecule has 1 aromatic carbocycles. The van der Waals surface area contributed by atoms with Crippen LogP contribution >= 0.6 is 11.8 Å². The quantitative estimate of drug-likeness (QED) is 0.849. The van der Waals surface area contributed by atoms with Crippen LogP contribution in [-0.2, 0) is 0 Å². The van der Waals surface area contributed by atoms with Crippen molar-refractivity contribution in [3.63, 3.8) is 0 Å². The lowest BCUT2D eigenvalue weighted by Crippen LogP contribution is -2.28. The molecule has 0 spiro atoms. The third kappa shape index (κ3) is 3.85. The van der Waals surface area contributed by atoms with E-state index in [0.29, 0.717) is 5.56 Å². The summed E-state index contributed by atoms with van der Waals surface area (Å²) in [5.74, 6) is -0.0696. The number of carbonyl (C=O) groups is 1. The van der Waals surface area contributed by atoms with Gasteiger partial charge in [0.15, 0.2) is 0 Å². The van der Waals surface area contributed by atoms with Gasteiger partial charge in [-0.3, -0.25) is 4.79 Å². The molecule has 0 radical (unpaired) electrons. The van der Waals surface area contributed by atoms with Gasteiger partial charge in [-0.2, -0.15) is 0 Å². The van der Waals surface area contributed by atoms with Gasteiger partial charge >= 0.3 is 0 Å². The predicted molar refractivity (Wildman–Crippen MR) is 87.7 cm³/mol. The highest BCUT2D eigenvalue weighted by molar-refractivity contribution is 7.98. The molecular weight excluding hydrogens is 280 g/mol. The first-order valence-corrected chi connectivity index (χ1v) is 8.24. The van der Waals surface area contributed by atoms with E-state index in [1.165, 1.54) is 17.3 Å². The molecule has 3 nitrogen and oxygen atoms in total. The first-order valence-electron chi connectivity index (χ1n) is 7.02. The molecule has 2 aromatic rings. The molecule has 110 valence electrons. The van der Waals surface area contributed by atoms with Crippen LogP contribution in [-0.4, -0.2) is 17.1 Å². The zero-order chi connectivity index (χ0) is 15.2. The number of rotatable bonds is 5. The van der Waals surface area contributed by atoms with E-state index in [9.17, 15) is 4.79 Å². The van der Waals surface area contributed by atoms with E-state index in [2.05, 4.69) is 48.4 Å². The normalized spacial score (nSPS) is 12.0. The van der Waals surface area contributed by atoms with Crippen LogP contribution in [0.25, 0.3) is 0 Å². The molecule has 1 N–H and O–H groups in total. The van der Waals surface area contributed by atoms with Crippen LogP contribution in [0.3, 0.4) is 0 Å². The fraction of sp³-hybridized carbons (Fsp3) is 0.294. The van der Waals surface area contributed by atoms with Crippen LogP contribution in [0.15, 0.2) is 47.6 Å². The summed E-state index contributed by atoms with van der Waals surface area (Å²) in [4.78, 5) is 16.7. The van der Waals surface area contributed by atoms with Crippen LogP contribution in [0.5, 0.6) is 0 Å². The Hall–Kier alpha value is -1.81. The average molecular weight is 300 g/mol. The molecule has 21 heavy (non-hydrogen) atoms. The first-order chi connectivity index (χ1) is 10.2. The van der Waals surface area contributed by atoms with Gasteiger partial charge in [0.25, 0.3) is 5.91 Å². The molecule has 1 amide bonds. The second kappa shape index (κ2) is 7.27. The Bertz CT molecular complexity index is 610. The summed E-state index contributed by atoms with van der Waals surface area (Å²) in [5, 5.41) is 3.86. The summed E-state index contributed by atoms with van der Waals surface area (Å²) >= 11 is 1.48. The van der Waals surface area contributed by atoms with E-state index in [1.807, 2.05) is 12.3 Å². The number of hydrogen-bond acceptors (Lipinski definition) is 3. The largest absolute Gasteiger partial charge is 0.345 e. The Labute approximate surface area is 130 Å². The van der Waals surface area contributed by atoms with Crippen LogP contribution < -0.4 is 5.32 Å². The van der Waals surface area contributed by atoms with Crippen LogP contribution in [0.1, 0.15) is 40.9 Å². The zero-order valence-corrected chi connectivity index (χ0v) is 13.4. The number of aryl methyl sites for hydroxylation is 1. The highest BCUT2D eigenvalue weighted by atomic mass is 32.2. The maximum Gasteiger partial charge on any atom is 0.254 e. The van der Waals surface area contributed by atoms with Crippen molar-refractivity contribution in [2.75, 3.05) is 6.26 Å². The van der Waals surface area contributed by atoms with E-state index in [1.54, 1.807) is 12.3 Å². The topological polar surface area (TPSA) is 42.0 Å². The minimum Gasteiger partial charge on any atom is -0.345 e. The number of carbonyl (C=O) groups excluding carboxylic acids is 1. The SMILES string of the molecule is CCC(NC(=O)c1cccnc1SC)c1ccc(C)cc1. The van der Waals surface area contributed by atoms with Crippen molar-refractivity contribution in [3.05, 3.63) is 59.3 Å². The molecule has 0 saturated heterocycles. The number of amides is 1. The predicted octanol–water partition coefficient (Wildman–Crippen LogP) is 3.99. The van der Waals surface area contributed by atoms with E-state index >= 15 is 0 Å². The van der Waals surface area contributed by atoms with Crippen molar-refractivity contribution in [3.8, 4) is 0 Å². The van der Waals surface area contributed by atoms with Crippen molar-refractivity contribution in [2.45, 2.75) is 31.3 Å². The summed E-state index contributed by atoms with van der Waals surface area (Å²) in [6, 6.07) is 11.9. The molecule has 0 aliphatic carbocycles. The fourth-order valence-electron chi connectivity index (χ4n) is 2.18. The smallest absolute Gasteiger partial charge is 0.254 e. The number of pyridine rings is 1. The standard InChI is InChI=1S/C17H20N2OS/c1-4-15(13-9-7-12(2)8-10-13)19-16(20)14-6-5-11-18-17(14)21-3/h5-11,15H,4H2,1-3H3,(H,19,20). The van der Waals surface area contributed by atoms with Crippen molar-refractivity contribution in [2.24, 2.45) is 0 Å². The van der Waals surface area contributed by atoms with Gasteiger partial charge in [0.05, 0.1) is 11.6 Å². The van der Waals surface area contributed by atoms with Gasteiger partial charge in [0, 0.05) is 6.20 Å². The second-order valence-electron chi connectivity index (χ2n) is 4.91. The Morgan fingerprint density at radius 1 is 1.29 bits per heavy atom. The van der Waals surface area contributed by atoms with Crippen LogP contribution in [0.2, 0.25) is 0 Å². The van der Waals surface area contributed by atoms with Gasteiger partial charge in [-0.15, -0.1) is 11.8 Å². The Morgan fingerprint density at radius 2 is 2.00 bits per heavy atom. The zero-order valence-electron chi connectivity index (χ0n) is 12.6. The lowest BCUT2D eigenvalue weighted by molar-refractivity contribution is 0.0932. The van der Waals surface area contributed by atoms with Gasteiger partial charge < -0.3 is 5.32 Å². The second-order valence-corrected chi connectivity index (χ2v) is 5.70. The van der Waals surface area contributed by atoms with E-state index < -0.39 is 0 Å². The number of nitrogens with zero attached hydrogens (tertiary/aromatic N) is 1. The molecule has 1 heterocycles. The summed E-state index contributed by atoms with van der Waals surface area (Å²) in [5.41, 5.74) is 2.98. The van der Waals surface area contributed by atoms with E-state index in [4.69, 9.17) is 0 Å². The van der Waals surface area contributed by atoms with Gasteiger partial charge in [-0.05, 0) is 37.3 Å². The summed E-state index contributed by atoms with van der Waals surface area (Å²) < 4.78 is 0. The summed E-state index contributed by atoms with van der Waals surface area (Å²) in [6.07, 6.45) is 4.49. The minimum atomic E-state index is -0.0696. The Morgan fingerprint density at radius 3 is 2.62 bits per heavy atom. The van der Waals surface area contributed by atoms with Crippen LogP contribution in [0, 0.1) is 6.92 Å². The van der Waals surface area contributed by atoms with Gasteiger partial charge in [0.1, 0.15) is 5.03 Å². The molecule has 0 fully saturated rings. The van der Waals surface area contributed by atoms with E-state index in [0.717, 1.165) is 17.0 Å². The Kier molecular flexibility index (Phi) is 5.39. The summed E-state index contributed by atoms with van der Waals surface area (Å²) in [7, 11) is 0. The highest BCUT2D eigenvalue weighted by Crippen LogP contribution is 2.21. The molecule has 1 atom stereocenters. The molecule has 0 bridgehead atoms. The maximum absolute atomic E-state index is 12.5. The summed E-state index contributed by atoms with van der Waals surface area (Å²) in [6.45, 7) is 4.13. The minimum absolute atomic E-state index is 0.0213. The first kappa shape index (κ1) is 15.6. The molecule has 4 heteroatoms. The maximum atomic E-state index is 12.5. The molecule has 2 rings (SSSR count). The third-order valence-electron chi connectivity index (χ3n) is 3.40. The monoisotopic (exact) mass is 300 g/mol. The van der Waals surface area contributed by atoms with Crippen LogP contribution in [0.4, 0.5) is 0 Å². The lowest BCUT2D eigenvalue weighted by Gasteiger charge is -2.18. The number of aromatic nitrogens is 1. The van der Waals surface area contributed by atoms with Gasteiger partial charge in [0.2, 0.25) is 0 Å². The fourth-order valence-corrected chi connectivity index (χ4v) is 2.73. The molecule has 0 aliphatic heterocycles. The molecule has 1 unspecified atom stereocenters.